The number of benzene rings is 3. The first-order valence-electron chi connectivity index (χ1n) is 12.0. The van der Waals surface area contributed by atoms with Gasteiger partial charge in [-0.05, 0) is 54.1 Å². The molecule has 3 aromatic carbocycles. The number of carbonyl (C=O) groups excluding carboxylic acids is 1. The number of carbonyl (C=O) groups is 1. The summed E-state index contributed by atoms with van der Waals surface area (Å²) in [6.07, 6.45) is 7.60. The van der Waals surface area contributed by atoms with Crippen LogP contribution in [0.5, 0.6) is 0 Å². The minimum absolute atomic E-state index is 0.0137. The number of nitrogens with one attached hydrogen (secondary N) is 2. The maximum absolute atomic E-state index is 13.0. The van der Waals surface area contributed by atoms with Crippen LogP contribution in [0.3, 0.4) is 0 Å². The third kappa shape index (κ3) is 6.77. The number of piperidine rings is 1. The Hall–Kier alpha value is -2.95. The third-order valence-corrected chi connectivity index (χ3v) is 6.46. The maximum atomic E-state index is 13.0. The summed E-state index contributed by atoms with van der Waals surface area (Å²) < 4.78 is 0. The van der Waals surface area contributed by atoms with Crippen LogP contribution < -0.4 is 10.6 Å². The largest absolute Gasteiger partial charge is 0.396 e. The van der Waals surface area contributed by atoms with Gasteiger partial charge in [0.05, 0.1) is 12.0 Å². The van der Waals surface area contributed by atoms with Crippen molar-refractivity contribution < 1.29 is 9.90 Å². The molecule has 1 amide bonds. The Balaban J connectivity index is 1.50. The molecule has 33 heavy (non-hydrogen) atoms. The van der Waals surface area contributed by atoms with E-state index in [0.29, 0.717) is 0 Å². The van der Waals surface area contributed by atoms with E-state index >= 15 is 0 Å². The van der Waals surface area contributed by atoms with E-state index in [4.69, 9.17) is 0 Å². The molecule has 0 saturated carbocycles. The molecular weight excluding hydrogens is 408 g/mol. The smallest absolute Gasteiger partial charge is 0.224 e. The lowest BCUT2D eigenvalue weighted by atomic mass is 9.95. The second-order valence-corrected chi connectivity index (χ2v) is 9.06. The van der Waals surface area contributed by atoms with Crippen LogP contribution >= 0.6 is 0 Å². The van der Waals surface area contributed by atoms with E-state index in [9.17, 15) is 9.90 Å². The number of amides is 1. The summed E-state index contributed by atoms with van der Waals surface area (Å²) in [7, 11) is 0. The summed E-state index contributed by atoms with van der Waals surface area (Å²) in [6.45, 7) is 1.81. The molecule has 3 N–H and O–H groups in total. The van der Waals surface area contributed by atoms with Gasteiger partial charge in [0.25, 0.3) is 0 Å². The van der Waals surface area contributed by atoms with Crippen LogP contribution in [-0.4, -0.2) is 36.8 Å². The Bertz CT molecular complexity index is 1060. The Morgan fingerprint density at radius 3 is 2.52 bits per heavy atom. The SMILES string of the molecule is O=C(N[C@@H](C=CC(CO)Cc1ccccc1)Cc1ccc2ccccc2c1)[C@@H]1CCCNC1. The molecule has 172 valence electrons. The van der Waals surface area contributed by atoms with Gasteiger partial charge in [-0.2, -0.15) is 0 Å². The Morgan fingerprint density at radius 2 is 1.76 bits per heavy atom. The number of aliphatic hydroxyl groups is 1. The van der Waals surface area contributed by atoms with Crippen molar-refractivity contribution in [3.8, 4) is 0 Å². The molecule has 0 radical (unpaired) electrons. The molecule has 1 unspecified atom stereocenters. The van der Waals surface area contributed by atoms with Gasteiger partial charge in [-0.1, -0.05) is 84.9 Å². The fourth-order valence-corrected chi connectivity index (χ4v) is 4.56. The number of hydrogen-bond acceptors (Lipinski definition) is 3. The standard InChI is InChI=1S/C29H34N2O2/c32-21-24(17-22-7-2-1-3-8-22)13-15-28(31-29(33)27-11-6-16-30-20-27)19-23-12-14-25-9-4-5-10-26(25)18-23/h1-5,7-10,12-15,18,24,27-28,30,32H,6,11,16-17,19-21H2,(H,31,33)/t24?,27-,28+/m1/s1. The first-order valence-corrected chi connectivity index (χ1v) is 12.0. The van der Waals surface area contributed by atoms with Crippen molar-refractivity contribution in [1.82, 2.24) is 10.6 Å². The molecule has 4 heteroatoms. The number of fused-ring (bicyclic) bond motifs is 1. The summed E-state index contributed by atoms with van der Waals surface area (Å²) >= 11 is 0. The van der Waals surface area contributed by atoms with Gasteiger partial charge in [0.2, 0.25) is 5.91 Å². The van der Waals surface area contributed by atoms with Gasteiger partial charge in [0.15, 0.2) is 0 Å². The zero-order chi connectivity index (χ0) is 22.9. The van der Waals surface area contributed by atoms with Crippen molar-refractivity contribution in [3.05, 3.63) is 96.1 Å². The second kappa shape index (κ2) is 11.8. The number of hydrogen-bond donors (Lipinski definition) is 3. The maximum Gasteiger partial charge on any atom is 0.224 e. The lowest BCUT2D eigenvalue weighted by Crippen LogP contribution is -2.44. The van der Waals surface area contributed by atoms with E-state index in [2.05, 4.69) is 71.3 Å². The highest BCUT2D eigenvalue weighted by molar-refractivity contribution is 5.83. The predicted molar refractivity (Wildman–Crippen MR) is 135 cm³/mol. The molecule has 1 aliphatic heterocycles. The highest BCUT2D eigenvalue weighted by Crippen LogP contribution is 2.18. The van der Waals surface area contributed by atoms with Crippen molar-refractivity contribution in [2.24, 2.45) is 11.8 Å². The third-order valence-electron chi connectivity index (χ3n) is 6.46. The van der Waals surface area contributed by atoms with Crippen LogP contribution in [0.1, 0.15) is 24.0 Å². The molecule has 1 saturated heterocycles. The van der Waals surface area contributed by atoms with Crippen LogP contribution in [-0.2, 0) is 17.6 Å². The minimum atomic E-state index is -0.120. The van der Waals surface area contributed by atoms with Crippen molar-refractivity contribution >= 4 is 16.7 Å². The quantitative estimate of drug-likeness (QED) is 0.434. The van der Waals surface area contributed by atoms with E-state index in [-0.39, 0.29) is 30.4 Å². The number of aliphatic hydroxyl groups excluding tert-OH is 1. The predicted octanol–water partition coefficient (Wildman–Crippen LogP) is 4.27. The molecule has 1 fully saturated rings. The fourth-order valence-electron chi connectivity index (χ4n) is 4.56. The van der Waals surface area contributed by atoms with Crippen molar-refractivity contribution in [2.45, 2.75) is 31.7 Å². The molecule has 1 heterocycles. The fraction of sp³-hybridized carbons (Fsp3) is 0.345. The van der Waals surface area contributed by atoms with E-state index in [1.165, 1.54) is 21.9 Å². The Labute approximate surface area is 196 Å². The average Bonchev–Trinajstić information content (AvgIpc) is 2.87. The summed E-state index contributed by atoms with van der Waals surface area (Å²) in [5.74, 6) is 0.144. The van der Waals surface area contributed by atoms with E-state index in [0.717, 1.165) is 38.8 Å². The van der Waals surface area contributed by atoms with Gasteiger partial charge in [-0.3, -0.25) is 4.79 Å². The van der Waals surface area contributed by atoms with Gasteiger partial charge in [0.1, 0.15) is 0 Å². The lowest BCUT2D eigenvalue weighted by Gasteiger charge is -2.25. The van der Waals surface area contributed by atoms with Crippen LogP contribution in [0.25, 0.3) is 10.8 Å². The lowest BCUT2D eigenvalue weighted by molar-refractivity contribution is -0.125. The van der Waals surface area contributed by atoms with Crippen LogP contribution in [0.2, 0.25) is 0 Å². The molecule has 4 rings (SSSR count). The van der Waals surface area contributed by atoms with Crippen molar-refractivity contribution in [3.63, 3.8) is 0 Å². The van der Waals surface area contributed by atoms with E-state index in [1.807, 2.05) is 24.3 Å². The summed E-state index contributed by atoms with van der Waals surface area (Å²) in [5.41, 5.74) is 2.39. The van der Waals surface area contributed by atoms with Gasteiger partial charge in [-0.15, -0.1) is 0 Å². The van der Waals surface area contributed by atoms with E-state index < -0.39 is 0 Å². The molecule has 0 bridgehead atoms. The van der Waals surface area contributed by atoms with Crippen molar-refractivity contribution in [1.29, 1.82) is 0 Å². The van der Waals surface area contributed by atoms with Gasteiger partial charge in [0, 0.05) is 19.1 Å². The van der Waals surface area contributed by atoms with Crippen LogP contribution in [0.15, 0.2) is 84.9 Å². The minimum Gasteiger partial charge on any atom is -0.396 e. The van der Waals surface area contributed by atoms with Crippen molar-refractivity contribution in [2.75, 3.05) is 19.7 Å². The number of rotatable bonds is 9. The molecular formula is C29H34N2O2. The van der Waals surface area contributed by atoms with Gasteiger partial charge < -0.3 is 15.7 Å². The molecule has 0 aliphatic carbocycles. The summed E-state index contributed by atoms with van der Waals surface area (Å²) in [4.78, 5) is 13.0. The Morgan fingerprint density at radius 1 is 0.970 bits per heavy atom. The summed E-state index contributed by atoms with van der Waals surface area (Å²) in [6, 6.07) is 24.9. The normalized spacial score (nSPS) is 18.3. The summed E-state index contributed by atoms with van der Waals surface area (Å²) in [5, 5.41) is 19.0. The molecule has 1 aliphatic rings. The van der Waals surface area contributed by atoms with Crippen LogP contribution in [0, 0.1) is 11.8 Å². The molecule has 3 atom stereocenters. The Kier molecular flexibility index (Phi) is 8.29. The first kappa shape index (κ1) is 23.2. The topological polar surface area (TPSA) is 61.4 Å². The highest BCUT2D eigenvalue weighted by atomic mass is 16.3. The van der Waals surface area contributed by atoms with Gasteiger partial charge in [-0.25, -0.2) is 0 Å². The molecule has 0 spiro atoms. The second-order valence-electron chi connectivity index (χ2n) is 9.06. The molecule has 0 aromatic heterocycles. The van der Waals surface area contributed by atoms with Gasteiger partial charge >= 0.3 is 0 Å². The average molecular weight is 443 g/mol. The highest BCUT2D eigenvalue weighted by Gasteiger charge is 2.23. The van der Waals surface area contributed by atoms with Crippen LogP contribution in [0.4, 0.5) is 0 Å². The zero-order valence-electron chi connectivity index (χ0n) is 19.1. The zero-order valence-corrected chi connectivity index (χ0v) is 19.1. The monoisotopic (exact) mass is 442 g/mol. The first-order chi connectivity index (χ1) is 16.2. The van der Waals surface area contributed by atoms with E-state index in [1.54, 1.807) is 0 Å². The molecule has 3 aromatic rings. The molecule has 4 nitrogen and oxygen atoms in total.